The van der Waals surface area contributed by atoms with Crippen LogP contribution in [0.1, 0.15) is 38.4 Å². The predicted octanol–water partition coefficient (Wildman–Crippen LogP) is 0.979. The summed E-state index contributed by atoms with van der Waals surface area (Å²) in [6.07, 6.45) is 2.68. The van der Waals surface area contributed by atoms with Gasteiger partial charge in [0.1, 0.15) is 0 Å². The molecule has 1 fully saturated rings. The quantitative estimate of drug-likeness (QED) is 0.809. The fourth-order valence-corrected chi connectivity index (χ4v) is 2.21. The molecule has 90 valence electrons. The Labute approximate surface area is 95.4 Å². The number of aliphatic hydroxyl groups is 1. The summed E-state index contributed by atoms with van der Waals surface area (Å²) in [6, 6.07) is 0. The molecule has 0 amide bonds. The Bertz CT molecular complexity index is 345. The minimum Gasteiger partial charge on any atom is -0.387 e. The monoisotopic (exact) mass is 225 g/mol. The van der Waals surface area contributed by atoms with E-state index in [2.05, 4.69) is 22.0 Å². The Hall–Kier alpha value is -0.940. The lowest BCUT2D eigenvalue weighted by molar-refractivity contribution is -0.109. The standard InChI is InChI=1S/C11H19N3O2/c1-3-5-11(15)7-14(8-11)6-10-12-9(4-2)13-16-10/h15H,3-8H2,1-2H3. The lowest BCUT2D eigenvalue weighted by Crippen LogP contribution is -2.60. The average Bonchev–Trinajstić information content (AvgIpc) is 2.64. The number of aromatic nitrogens is 2. The Balaban J connectivity index is 1.81. The summed E-state index contributed by atoms with van der Waals surface area (Å²) < 4.78 is 5.11. The maximum Gasteiger partial charge on any atom is 0.240 e. The number of hydrogen-bond acceptors (Lipinski definition) is 5. The van der Waals surface area contributed by atoms with E-state index < -0.39 is 5.60 Å². The van der Waals surface area contributed by atoms with Crippen molar-refractivity contribution in [3.8, 4) is 0 Å². The van der Waals surface area contributed by atoms with E-state index in [0.29, 0.717) is 25.5 Å². The molecule has 0 aliphatic carbocycles. The van der Waals surface area contributed by atoms with E-state index in [0.717, 1.165) is 25.1 Å². The van der Waals surface area contributed by atoms with E-state index in [1.54, 1.807) is 0 Å². The SMILES string of the molecule is CCCC1(O)CN(Cc2nc(CC)no2)C1. The average molecular weight is 225 g/mol. The van der Waals surface area contributed by atoms with E-state index in [1.807, 2.05) is 6.92 Å². The van der Waals surface area contributed by atoms with E-state index in [-0.39, 0.29) is 0 Å². The minimum absolute atomic E-state index is 0.484. The number of rotatable bonds is 5. The molecule has 0 aromatic carbocycles. The molecule has 2 rings (SSSR count). The zero-order chi connectivity index (χ0) is 11.6. The van der Waals surface area contributed by atoms with Gasteiger partial charge in [-0.1, -0.05) is 25.4 Å². The van der Waals surface area contributed by atoms with Crippen LogP contribution < -0.4 is 0 Å². The van der Waals surface area contributed by atoms with Gasteiger partial charge in [0.2, 0.25) is 5.89 Å². The summed E-state index contributed by atoms with van der Waals surface area (Å²) in [5, 5.41) is 13.8. The van der Waals surface area contributed by atoms with Crippen molar-refractivity contribution in [2.45, 2.75) is 45.3 Å². The molecule has 0 atom stereocenters. The zero-order valence-electron chi connectivity index (χ0n) is 9.94. The second-order valence-electron chi connectivity index (χ2n) is 4.58. The van der Waals surface area contributed by atoms with Gasteiger partial charge in [-0.15, -0.1) is 0 Å². The summed E-state index contributed by atoms with van der Waals surface area (Å²) >= 11 is 0. The molecule has 0 radical (unpaired) electrons. The maximum absolute atomic E-state index is 10.0. The van der Waals surface area contributed by atoms with Crippen LogP contribution in [0.15, 0.2) is 4.52 Å². The van der Waals surface area contributed by atoms with Gasteiger partial charge in [0.15, 0.2) is 5.82 Å². The molecular weight excluding hydrogens is 206 g/mol. The molecule has 1 aliphatic heterocycles. The third kappa shape index (κ3) is 2.41. The maximum atomic E-state index is 10.0. The lowest BCUT2D eigenvalue weighted by Gasteiger charge is -2.46. The van der Waals surface area contributed by atoms with Crippen molar-refractivity contribution in [1.29, 1.82) is 0 Å². The van der Waals surface area contributed by atoms with Crippen LogP contribution in [0.5, 0.6) is 0 Å². The summed E-state index contributed by atoms with van der Waals surface area (Å²) in [4.78, 5) is 6.37. The van der Waals surface area contributed by atoms with Gasteiger partial charge in [0.25, 0.3) is 0 Å². The van der Waals surface area contributed by atoms with Crippen LogP contribution in [-0.4, -0.2) is 38.8 Å². The van der Waals surface area contributed by atoms with Crippen molar-refractivity contribution < 1.29 is 9.63 Å². The fourth-order valence-electron chi connectivity index (χ4n) is 2.21. The Morgan fingerprint density at radius 3 is 2.75 bits per heavy atom. The van der Waals surface area contributed by atoms with Gasteiger partial charge in [0, 0.05) is 19.5 Å². The summed E-state index contributed by atoms with van der Waals surface area (Å²) in [7, 11) is 0. The summed E-state index contributed by atoms with van der Waals surface area (Å²) in [5.74, 6) is 1.40. The first-order valence-corrected chi connectivity index (χ1v) is 5.91. The molecule has 1 aliphatic rings. The molecule has 0 bridgehead atoms. The van der Waals surface area contributed by atoms with Crippen molar-refractivity contribution in [3.63, 3.8) is 0 Å². The molecule has 1 N–H and O–H groups in total. The topological polar surface area (TPSA) is 62.4 Å². The van der Waals surface area contributed by atoms with Gasteiger partial charge in [-0.25, -0.2) is 0 Å². The van der Waals surface area contributed by atoms with Crippen molar-refractivity contribution in [2.75, 3.05) is 13.1 Å². The van der Waals surface area contributed by atoms with E-state index in [4.69, 9.17) is 4.52 Å². The van der Waals surface area contributed by atoms with Crippen LogP contribution in [-0.2, 0) is 13.0 Å². The molecule has 1 saturated heterocycles. The first-order chi connectivity index (χ1) is 7.65. The highest BCUT2D eigenvalue weighted by Crippen LogP contribution is 2.26. The highest BCUT2D eigenvalue weighted by molar-refractivity contribution is 4.97. The number of β-amino-alcohol motifs (C(OH)–C–C–N with tert-alkyl or cyclic N) is 1. The zero-order valence-corrected chi connectivity index (χ0v) is 9.94. The molecule has 1 aromatic rings. The van der Waals surface area contributed by atoms with Gasteiger partial charge in [0.05, 0.1) is 12.1 Å². The molecule has 1 aromatic heterocycles. The van der Waals surface area contributed by atoms with E-state index in [1.165, 1.54) is 0 Å². The number of nitrogens with zero attached hydrogens (tertiary/aromatic N) is 3. The highest BCUT2D eigenvalue weighted by atomic mass is 16.5. The van der Waals surface area contributed by atoms with Gasteiger partial charge in [-0.05, 0) is 6.42 Å². The molecule has 0 unspecified atom stereocenters. The largest absolute Gasteiger partial charge is 0.387 e. The van der Waals surface area contributed by atoms with Crippen LogP contribution in [0.4, 0.5) is 0 Å². The van der Waals surface area contributed by atoms with E-state index >= 15 is 0 Å². The molecule has 5 heteroatoms. The second-order valence-corrected chi connectivity index (χ2v) is 4.58. The van der Waals surface area contributed by atoms with Crippen LogP contribution in [0.25, 0.3) is 0 Å². The van der Waals surface area contributed by atoms with Crippen LogP contribution >= 0.6 is 0 Å². The fraction of sp³-hybridized carbons (Fsp3) is 0.818. The number of hydrogen-bond donors (Lipinski definition) is 1. The van der Waals surface area contributed by atoms with Crippen LogP contribution in [0.2, 0.25) is 0 Å². The second kappa shape index (κ2) is 4.51. The van der Waals surface area contributed by atoms with Crippen molar-refractivity contribution in [1.82, 2.24) is 15.0 Å². The molecule has 16 heavy (non-hydrogen) atoms. The van der Waals surface area contributed by atoms with Crippen LogP contribution in [0.3, 0.4) is 0 Å². The van der Waals surface area contributed by atoms with Crippen molar-refractivity contribution >= 4 is 0 Å². The highest BCUT2D eigenvalue weighted by Gasteiger charge is 2.40. The third-order valence-corrected chi connectivity index (χ3v) is 2.94. The van der Waals surface area contributed by atoms with Crippen molar-refractivity contribution in [3.05, 3.63) is 11.7 Å². The number of likely N-dealkylation sites (tertiary alicyclic amines) is 1. The molecule has 0 spiro atoms. The molecule has 5 nitrogen and oxygen atoms in total. The molecular formula is C11H19N3O2. The third-order valence-electron chi connectivity index (χ3n) is 2.94. The predicted molar refractivity (Wildman–Crippen MR) is 58.8 cm³/mol. The molecule has 0 saturated carbocycles. The smallest absolute Gasteiger partial charge is 0.240 e. The minimum atomic E-state index is -0.484. The first kappa shape index (κ1) is 11.5. The van der Waals surface area contributed by atoms with Crippen LogP contribution in [0, 0.1) is 0 Å². The number of aryl methyl sites for hydroxylation is 1. The normalized spacial score (nSPS) is 19.7. The Morgan fingerprint density at radius 1 is 1.44 bits per heavy atom. The molecule has 2 heterocycles. The van der Waals surface area contributed by atoms with Gasteiger partial charge >= 0.3 is 0 Å². The van der Waals surface area contributed by atoms with Gasteiger partial charge < -0.3 is 9.63 Å². The summed E-state index contributed by atoms with van der Waals surface area (Å²) in [5.41, 5.74) is -0.484. The van der Waals surface area contributed by atoms with Crippen molar-refractivity contribution in [2.24, 2.45) is 0 Å². The van der Waals surface area contributed by atoms with Gasteiger partial charge in [-0.3, -0.25) is 4.90 Å². The Kier molecular flexibility index (Phi) is 3.25. The summed E-state index contributed by atoms with van der Waals surface area (Å²) in [6.45, 7) is 6.17. The van der Waals surface area contributed by atoms with E-state index in [9.17, 15) is 5.11 Å². The van der Waals surface area contributed by atoms with Gasteiger partial charge in [-0.2, -0.15) is 4.98 Å². The Morgan fingerprint density at radius 2 is 2.19 bits per heavy atom. The lowest BCUT2D eigenvalue weighted by atomic mass is 9.89. The first-order valence-electron chi connectivity index (χ1n) is 5.91.